The topological polar surface area (TPSA) is 24.5 Å². The Balaban J connectivity index is 2.43. The largest absolute Gasteiger partial charge is 0.383 e. The predicted octanol–water partition coefficient (Wildman–Crippen LogP) is 2.31. The van der Waals surface area contributed by atoms with E-state index in [2.05, 4.69) is 47.5 Å². The number of hydrogen-bond donors (Lipinski definition) is 1. The average Bonchev–Trinajstić information content (AvgIpc) is 2.44. The second-order valence-electron chi connectivity index (χ2n) is 4.47. The van der Waals surface area contributed by atoms with E-state index in [0.29, 0.717) is 6.04 Å². The molecule has 1 N–H and O–H groups in total. The Bertz CT molecular complexity index is 303. The Morgan fingerprint density at radius 1 is 1.22 bits per heavy atom. The third kappa shape index (κ3) is 5.17. The van der Waals surface area contributed by atoms with Crippen LogP contribution in [0.4, 0.5) is 0 Å². The van der Waals surface area contributed by atoms with Gasteiger partial charge >= 0.3 is 0 Å². The molecule has 1 atom stereocenters. The summed E-state index contributed by atoms with van der Waals surface area (Å²) < 4.78 is 5.13. The van der Waals surface area contributed by atoms with E-state index >= 15 is 0 Å². The van der Waals surface area contributed by atoms with E-state index in [-0.39, 0.29) is 0 Å². The lowest BCUT2D eigenvalue weighted by Gasteiger charge is -2.23. The molecule has 0 amide bonds. The monoisotopic (exact) mass is 250 g/mol. The van der Waals surface area contributed by atoms with Crippen LogP contribution in [0.3, 0.4) is 0 Å². The highest BCUT2D eigenvalue weighted by atomic mass is 16.5. The number of hydrogen-bond acceptors (Lipinski definition) is 3. The molecule has 0 fully saturated rings. The summed E-state index contributed by atoms with van der Waals surface area (Å²) in [5.41, 5.74) is 1.36. The minimum absolute atomic E-state index is 0.433. The lowest BCUT2D eigenvalue weighted by Crippen LogP contribution is -2.31. The van der Waals surface area contributed by atoms with Crippen molar-refractivity contribution in [3.8, 4) is 0 Å². The molecule has 0 aliphatic carbocycles. The molecule has 3 nitrogen and oxygen atoms in total. The molecule has 1 rings (SSSR count). The van der Waals surface area contributed by atoms with Gasteiger partial charge in [-0.1, -0.05) is 37.3 Å². The van der Waals surface area contributed by atoms with Gasteiger partial charge in [0.25, 0.3) is 0 Å². The van der Waals surface area contributed by atoms with E-state index < -0.39 is 0 Å². The van der Waals surface area contributed by atoms with Crippen LogP contribution in [-0.2, 0) is 4.74 Å². The molecule has 0 saturated carbocycles. The van der Waals surface area contributed by atoms with E-state index in [4.69, 9.17) is 4.74 Å². The highest BCUT2D eigenvalue weighted by Gasteiger charge is 2.10. The molecule has 102 valence electrons. The fraction of sp³-hybridized carbons (Fsp3) is 0.600. The fourth-order valence-corrected chi connectivity index (χ4v) is 2.12. The van der Waals surface area contributed by atoms with Crippen molar-refractivity contribution < 1.29 is 4.74 Å². The predicted molar refractivity (Wildman–Crippen MR) is 76.8 cm³/mol. The van der Waals surface area contributed by atoms with Crippen molar-refractivity contribution >= 4 is 0 Å². The molecule has 0 spiro atoms. The summed E-state index contributed by atoms with van der Waals surface area (Å²) in [4.78, 5) is 2.43. The number of likely N-dealkylation sites (N-methyl/N-ethyl adjacent to an activating group) is 1. The molecular weight excluding hydrogens is 224 g/mol. The number of nitrogens with one attached hydrogen (secondary N) is 1. The first-order valence-electron chi connectivity index (χ1n) is 6.75. The Morgan fingerprint density at radius 3 is 2.50 bits per heavy atom. The van der Waals surface area contributed by atoms with E-state index in [1.165, 1.54) is 5.56 Å². The normalized spacial score (nSPS) is 12.9. The second kappa shape index (κ2) is 9.09. The van der Waals surface area contributed by atoms with Crippen molar-refractivity contribution in [2.45, 2.75) is 19.4 Å². The van der Waals surface area contributed by atoms with Crippen LogP contribution in [0.2, 0.25) is 0 Å². The Hall–Kier alpha value is -0.900. The summed E-state index contributed by atoms with van der Waals surface area (Å²) in [6.07, 6.45) is 1.12. The molecule has 18 heavy (non-hydrogen) atoms. The molecule has 1 unspecified atom stereocenters. The van der Waals surface area contributed by atoms with Gasteiger partial charge in [0.15, 0.2) is 0 Å². The van der Waals surface area contributed by atoms with Gasteiger partial charge < -0.3 is 15.0 Å². The minimum atomic E-state index is 0.433. The first kappa shape index (κ1) is 15.2. The standard InChI is InChI=1S/C15H26N2O/c1-4-17(12-13-18-3)11-10-15(16-2)14-8-6-5-7-9-14/h5-9,15-16H,4,10-13H2,1-3H3. The summed E-state index contributed by atoms with van der Waals surface area (Å²) in [5, 5.41) is 3.40. The van der Waals surface area contributed by atoms with Gasteiger partial charge in [-0.2, -0.15) is 0 Å². The van der Waals surface area contributed by atoms with Gasteiger partial charge in [0.1, 0.15) is 0 Å². The van der Waals surface area contributed by atoms with Crippen LogP contribution in [0.5, 0.6) is 0 Å². The van der Waals surface area contributed by atoms with Crippen LogP contribution in [0.15, 0.2) is 30.3 Å². The van der Waals surface area contributed by atoms with Gasteiger partial charge in [-0.15, -0.1) is 0 Å². The van der Waals surface area contributed by atoms with Crippen LogP contribution in [0.1, 0.15) is 24.9 Å². The van der Waals surface area contributed by atoms with Gasteiger partial charge in [0, 0.05) is 26.2 Å². The first-order chi connectivity index (χ1) is 8.81. The smallest absolute Gasteiger partial charge is 0.0589 e. The zero-order valence-corrected chi connectivity index (χ0v) is 11.9. The molecule has 1 aromatic carbocycles. The van der Waals surface area contributed by atoms with Crippen LogP contribution in [-0.4, -0.2) is 45.3 Å². The summed E-state index contributed by atoms with van der Waals surface area (Å²) >= 11 is 0. The first-order valence-corrected chi connectivity index (χ1v) is 6.75. The molecule has 1 aromatic rings. The van der Waals surface area contributed by atoms with Crippen molar-refractivity contribution in [2.24, 2.45) is 0 Å². The maximum atomic E-state index is 5.13. The molecule has 0 saturated heterocycles. The van der Waals surface area contributed by atoms with Gasteiger partial charge in [-0.3, -0.25) is 0 Å². The van der Waals surface area contributed by atoms with Gasteiger partial charge in [0.2, 0.25) is 0 Å². The Morgan fingerprint density at radius 2 is 1.94 bits per heavy atom. The lowest BCUT2D eigenvalue weighted by molar-refractivity contribution is 0.148. The van der Waals surface area contributed by atoms with Crippen LogP contribution >= 0.6 is 0 Å². The zero-order valence-electron chi connectivity index (χ0n) is 11.9. The van der Waals surface area contributed by atoms with E-state index in [1.54, 1.807) is 7.11 Å². The summed E-state index contributed by atoms with van der Waals surface area (Å²) in [5.74, 6) is 0. The number of methoxy groups -OCH3 is 1. The lowest BCUT2D eigenvalue weighted by atomic mass is 10.0. The van der Waals surface area contributed by atoms with E-state index in [1.807, 2.05) is 7.05 Å². The fourth-order valence-electron chi connectivity index (χ4n) is 2.12. The SMILES string of the molecule is CCN(CCOC)CCC(NC)c1ccccc1. The van der Waals surface area contributed by atoms with Crippen molar-refractivity contribution in [3.05, 3.63) is 35.9 Å². The molecule has 0 radical (unpaired) electrons. The van der Waals surface area contributed by atoms with Gasteiger partial charge in [-0.25, -0.2) is 0 Å². The van der Waals surface area contributed by atoms with Gasteiger partial charge in [-0.05, 0) is 25.6 Å². The average molecular weight is 250 g/mol. The third-order valence-corrected chi connectivity index (χ3v) is 3.34. The van der Waals surface area contributed by atoms with Crippen molar-refractivity contribution in [1.82, 2.24) is 10.2 Å². The summed E-state index contributed by atoms with van der Waals surface area (Å²) in [6, 6.07) is 11.1. The maximum Gasteiger partial charge on any atom is 0.0589 e. The van der Waals surface area contributed by atoms with Crippen molar-refractivity contribution in [3.63, 3.8) is 0 Å². The minimum Gasteiger partial charge on any atom is -0.383 e. The Kier molecular flexibility index (Phi) is 7.65. The van der Waals surface area contributed by atoms with Crippen LogP contribution < -0.4 is 5.32 Å². The number of nitrogens with zero attached hydrogens (tertiary/aromatic N) is 1. The molecule has 0 aliphatic rings. The van der Waals surface area contributed by atoms with Crippen molar-refractivity contribution in [1.29, 1.82) is 0 Å². The zero-order chi connectivity index (χ0) is 13.2. The summed E-state index contributed by atoms with van der Waals surface area (Å²) in [7, 11) is 3.79. The van der Waals surface area contributed by atoms with Crippen molar-refractivity contribution in [2.75, 3.05) is 40.4 Å². The Labute approximate surface area is 111 Å². The van der Waals surface area contributed by atoms with E-state index in [0.717, 1.165) is 32.7 Å². The molecule has 0 aliphatic heterocycles. The highest BCUT2D eigenvalue weighted by molar-refractivity contribution is 5.18. The van der Waals surface area contributed by atoms with Crippen LogP contribution in [0.25, 0.3) is 0 Å². The van der Waals surface area contributed by atoms with E-state index in [9.17, 15) is 0 Å². The number of benzene rings is 1. The molecular formula is C15H26N2O. The summed E-state index contributed by atoms with van der Waals surface area (Å²) in [6.45, 7) is 6.20. The maximum absolute atomic E-state index is 5.13. The highest BCUT2D eigenvalue weighted by Crippen LogP contribution is 2.16. The molecule has 0 heterocycles. The quantitative estimate of drug-likeness (QED) is 0.728. The van der Waals surface area contributed by atoms with Gasteiger partial charge in [0.05, 0.1) is 6.61 Å². The number of rotatable bonds is 9. The third-order valence-electron chi connectivity index (χ3n) is 3.34. The number of ether oxygens (including phenoxy) is 1. The molecule has 0 bridgehead atoms. The molecule has 0 aromatic heterocycles. The second-order valence-corrected chi connectivity index (χ2v) is 4.47. The molecule has 3 heteroatoms. The van der Waals surface area contributed by atoms with Crippen LogP contribution in [0, 0.1) is 0 Å².